The standard InChI is InChI=1S/C15H18ClNO2/c1-3-5-11-12-8-10(9-16)6-7-13(12)17-14(11)15(18)19-4-2/h6-8,17H,3-5,9H2,1-2H3. The molecule has 1 aromatic carbocycles. The number of aromatic nitrogens is 1. The molecular formula is C15H18ClNO2. The van der Waals surface area contributed by atoms with E-state index in [9.17, 15) is 4.79 Å². The lowest BCUT2D eigenvalue weighted by molar-refractivity contribution is 0.0519. The van der Waals surface area contributed by atoms with Gasteiger partial charge in [0.1, 0.15) is 5.69 Å². The molecule has 0 aliphatic rings. The van der Waals surface area contributed by atoms with E-state index in [1.165, 1.54) is 0 Å². The third kappa shape index (κ3) is 2.76. The van der Waals surface area contributed by atoms with Crippen LogP contribution in [0.2, 0.25) is 0 Å². The van der Waals surface area contributed by atoms with Gasteiger partial charge in [0, 0.05) is 16.8 Å². The van der Waals surface area contributed by atoms with E-state index in [0.717, 1.165) is 34.9 Å². The number of rotatable bonds is 5. The molecule has 0 saturated heterocycles. The molecule has 0 fully saturated rings. The van der Waals surface area contributed by atoms with E-state index in [2.05, 4.69) is 11.9 Å². The first-order valence-electron chi connectivity index (χ1n) is 6.57. The number of alkyl halides is 1. The normalized spacial score (nSPS) is 10.9. The third-order valence-corrected chi connectivity index (χ3v) is 3.41. The third-order valence-electron chi connectivity index (χ3n) is 3.10. The van der Waals surface area contributed by atoms with Gasteiger partial charge in [0.05, 0.1) is 6.61 Å². The first-order valence-corrected chi connectivity index (χ1v) is 7.11. The Balaban J connectivity index is 2.56. The van der Waals surface area contributed by atoms with Crippen LogP contribution in [-0.2, 0) is 17.0 Å². The number of aromatic amines is 1. The molecule has 19 heavy (non-hydrogen) atoms. The highest BCUT2D eigenvalue weighted by atomic mass is 35.5. The highest BCUT2D eigenvalue weighted by Gasteiger charge is 2.18. The van der Waals surface area contributed by atoms with Crippen molar-refractivity contribution < 1.29 is 9.53 Å². The molecule has 2 aromatic rings. The number of ether oxygens (including phenoxy) is 1. The van der Waals surface area contributed by atoms with Crippen molar-refractivity contribution in [3.05, 3.63) is 35.0 Å². The number of H-pyrrole nitrogens is 1. The number of carbonyl (C=O) groups is 1. The highest BCUT2D eigenvalue weighted by molar-refractivity contribution is 6.17. The second kappa shape index (κ2) is 6.11. The van der Waals surface area contributed by atoms with Crippen LogP contribution < -0.4 is 0 Å². The molecule has 0 unspecified atom stereocenters. The number of hydrogen-bond acceptors (Lipinski definition) is 2. The minimum absolute atomic E-state index is 0.283. The summed E-state index contributed by atoms with van der Waals surface area (Å²) in [5.74, 6) is 0.191. The van der Waals surface area contributed by atoms with Crippen molar-refractivity contribution in [1.82, 2.24) is 4.98 Å². The molecule has 1 heterocycles. The van der Waals surface area contributed by atoms with Gasteiger partial charge in [-0.05, 0) is 36.6 Å². The van der Waals surface area contributed by atoms with Crippen molar-refractivity contribution in [1.29, 1.82) is 0 Å². The fourth-order valence-electron chi connectivity index (χ4n) is 2.27. The van der Waals surface area contributed by atoms with Gasteiger partial charge < -0.3 is 9.72 Å². The van der Waals surface area contributed by atoms with E-state index in [-0.39, 0.29) is 5.97 Å². The summed E-state index contributed by atoms with van der Waals surface area (Å²) in [6.45, 7) is 4.29. The van der Waals surface area contributed by atoms with Crippen LogP contribution in [0.4, 0.5) is 0 Å². The van der Waals surface area contributed by atoms with E-state index in [0.29, 0.717) is 18.2 Å². The summed E-state index contributed by atoms with van der Waals surface area (Å²) < 4.78 is 5.10. The minimum Gasteiger partial charge on any atom is -0.461 e. The quantitative estimate of drug-likeness (QED) is 0.663. The maximum atomic E-state index is 12.0. The Labute approximate surface area is 117 Å². The summed E-state index contributed by atoms with van der Waals surface area (Å²) in [6, 6.07) is 5.98. The molecule has 0 spiro atoms. The van der Waals surface area contributed by atoms with Crippen LogP contribution in [0.5, 0.6) is 0 Å². The maximum Gasteiger partial charge on any atom is 0.355 e. The van der Waals surface area contributed by atoms with Gasteiger partial charge in [0.25, 0.3) is 0 Å². The second-order valence-corrected chi connectivity index (χ2v) is 4.73. The molecule has 0 amide bonds. The van der Waals surface area contributed by atoms with Crippen molar-refractivity contribution in [2.75, 3.05) is 6.61 Å². The Morgan fingerprint density at radius 2 is 2.16 bits per heavy atom. The summed E-state index contributed by atoms with van der Waals surface area (Å²) in [4.78, 5) is 15.2. The van der Waals surface area contributed by atoms with Crippen LogP contribution in [0.15, 0.2) is 18.2 Å². The lowest BCUT2D eigenvalue weighted by Gasteiger charge is -2.03. The maximum absolute atomic E-state index is 12.0. The number of halogens is 1. The Morgan fingerprint density at radius 3 is 2.79 bits per heavy atom. The number of fused-ring (bicyclic) bond motifs is 1. The summed E-state index contributed by atoms with van der Waals surface area (Å²) in [7, 11) is 0. The first-order chi connectivity index (χ1) is 9.21. The first kappa shape index (κ1) is 13.9. The average Bonchev–Trinajstić information content (AvgIpc) is 2.78. The van der Waals surface area contributed by atoms with Gasteiger partial charge in [-0.1, -0.05) is 19.4 Å². The van der Waals surface area contributed by atoms with Gasteiger partial charge in [-0.3, -0.25) is 0 Å². The van der Waals surface area contributed by atoms with Crippen LogP contribution in [0.1, 0.15) is 41.9 Å². The van der Waals surface area contributed by atoms with Crippen molar-refractivity contribution in [2.24, 2.45) is 0 Å². The van der Waals surface area contributed by atoms with Crippen molar-refractivity contribution >= 4 is 28.5 Å². The number of aryl methyl sites for hydroxylation is 1. The van der Waals surface area contributed by atoms with E-state index < -0.39 is 0 Å². The monoisotopic (exact) mass is 279 g/mol. The van der Waals surface area contributed by atoms with Gasteiger partial charge >= 0.3 is 5.97 Å². The van der Waals surface area contributed by atoms with Gasteiger partial charge in [-0.2, -0.15) is 0 Å². The molecule has 1 aromatic heterocycles. The highest BCUT2D eigenvalue weighted by Crippen LogP contribution is 2.26. The topological polar surface area (TPSA) is 42.1 Å². The molecule has 1 N–H and O–H groups in total. The Hall–Kier alpha value is -1.48. The predicted octanol–water partition coefficient (Wildman–Crippen LogP) is 4.04. The molecule has 0 bridgehead atoms. The zero-order valence-electron chi connectivity index (χ0n) is 11.3. The number of carbonyl (C=O) groups excluding carboxylic acids is 1. The van der Waals surface area contributed by atoms with Crippen molar-refractivity contribution in [3.63, 3.8) is 0 Å². The van der Waals surface area contributed by atoms with Crippen molar-refractivity contribution in [2.45, 2.75) is 32.6 Å². The van der Waals surface area contributed by atoms with E-state index in [1.54, 1.807) is 0 Å². The number of benzene rings is 1. The molecule has 0 atom stereocenters. The van der Waals surface area contributed by atoms with E-state index >= 15 is 0 Å². The largest absolute Gasteiger partial charge is 0.461 e. The van der Waals surface area contributed by atoms with E-state index in [4.69, 9.17) is 16.3 Å². The number of esters is 1. The van der Waals surface area contributed by atoms with Gasteiger partial charge in [-0.25, -0.2) is 4.79 Å². The number of hydrogen-bond donors (Lipinski definition) is 1. The smallest absolute Gasteiger partial charge is 0.355 e. The molecular weight excluding hydrogens is 262 g/mol. The molecule has 4 heteroatoms. The minimum atomic E-state index is -0.283. The van der Waals surface area contributed by atoms with Crippen LogP contribution >= 0.6 is 11.6 Å². The fourth-order valence-corrected chi connectivity index (χ4v) is 2.43. The second-order valence-electron chi connectivity index (χ2n) is 4.46. The van der Waals surface area contributed by atoms with Crippen LogP contribution in [-0.4, -0.2) is 17.6 Å². The molecule has 0 radical (unpaired) electrons. The Kier molecular flexibility index (Phi) is 4.48. The van der Waals surface area contributed by atoms with E-state index in [1.807, 2.05) is 25.1 Å². The molecule has 0 aliphatic heterocycles. The number of nitrogens with one attached hydrogen (secondary N) is 1. The lowest BCUT2D eigenvalue weighted by Crippen LogP contribution is -2.07. The van der Waals surface area contributed by atoms with Crippen LogP contribution in [0.3, 0.4) is 0 Å². The lowest BCUT2D eigenvalue weighted by atomic mass is 10.0. The summed E-state index contributed by atoms with van der Waals surface area (Å²) >= 11 is 5.87. The SMILES string of the molecule is CCCc1c(C(=O)OCC)[nH]c2ccc(CCl)cc12. The molecule has 3 nitrogen and oxygen atoms in total. The Bertz CT molecular complexity index is 589. The van der Waals surface area contributed by atoms with Gasteiger partial charge in [0.2, 0.25) is 0 Å². The molecule has 2 rings (SSSR count). The fraction of sp³-hybridized carbons (Fsp3) is 0.400. The zero-order valence-corrected chi connectivity index (χ0v) is 12.0. The van der Waals surface area contributed by atoms with Crippen LogP contribution in [0, 0.1) is 0 Å². The summed E-state index contributed by atoms with van der Waals surface area (Å²) in [5.41, 5.74) is 3.62. The summed E-state index contributed by atoms with van der Waals surface area (Å²) in [5, 5.41) is 1.07. The summed E-state index contributed by atoms with van der Waals surface area (Å²) in [6.07, 6.45) is 1.82. The van der Waals surface area contributed by atoms with Gasteiger partial charge in [0.15, 0.2) is 0 Å². The zero-order chi connectivity index (χ0) is 13.8. The van der Waals surface area contributed by atoms with Crippen molar-refractivity contribution in [3.8, 4) is 0 Å². The average molecular weight is 280 g/mol. The van der Waals surface area contributed by atoms with Crippen LogP contribution in [0.25, 0.3) is 10.9 Å². The Morgan fingerprint density at radius 1 is 1.37 bits per heavy atom. The van der Waals surface area contributed by atoms with Gasteiger partial charge in [-0.15, -0.1) is 11.6 Å². The molecule has 0 saturated carbocycles. The molecule has 102 valence electrons. The molecule has 0 aliphatic carbocycles. The predicted molar refractivity (Wildman–Crippen MR) is 77.8 cm³/mol.